The maximum atomic E-state index is 3.57. The van der Waals surface area contributed by atoms with Gasteiger partial charge in [0.05, 0.1) is 8.07 Å². The molecule has 0 spiro atoms. The minimum Gasteiger partial charge on any atom is -1.00 e. The molecule has 0 unspecified atom stereocenters. The van der Waals surface area contributed by atoms with Crippen LogP contribution in [0.2, 0.25) is 13.1 Å². The quantitative estimate of drug-likeness (QED) is 0.302. The summed E-state index contributed by atoms with van der Waals surface area (Å²) in [5.41, 5.74) is 2.39. The molecule has 1 aromatic rings. The summed E-state index contributed by atoms with van der Waals surface area (Å²) in [6, 6.07) is 10.9. The van der Waals surface area contributed by atoms with E-state index in [1.807, 2.05) is 0 Å². The van der Waals surface area contributed by atoms with E-state index in [0.717, 1.165) is 6.42 Å². The molecule has 0 radical (unpaired) electrons. The van der Waals surface area contributed by atoms with Gasteiger partial charge in [-0.3, -0.25) is 5.70 Å². The zero-order valence-corrected chi connectivity index (χ0v) is 19.4. The van der Waals surface area contributed by atoms with E-state index >= 15 is 0 Å². The van der Waals surface area contributed by atoms with Crippen LogP contribution in [0.15, 0.2) is 36.0 Å². The smallest absolute Gasteiger partial charge is 1.00 e. The third kappa shape index (κ3) is 12.4. The largest absolute Gasteiger partial charge is 2.00 e. The van der Waals surface area contributed by atoms with E-state index in [1.54, 1.807) is 0 Å². The molecule has 0 bridgehead atoms. The molecule has 126 valence electrons. The second-order valence-corrected chi connectivity index (χ2v) is 11.0. The van der Waals surface area contributed by atoms with Gasteiger partial charge in [-0.25, -0.2) is 0 Å². The van der Waals surface area contributed by atoms with Gasteiger partial charge in [-0.05, 0) is 0 Å². The van der Waals surface area contributed by atoms with Gasteiger partial charge in [0.25, 0.3) is 0 Å². The molecular weight excluding hydrogens is 373 g/mol. The number of hydrogen-bond donors (Lipinski definition) is 0. The number of unbranched alkanes of at least 4 members (excludes halogenated alkanes) is 8. The van der Waals surface area contributed by atoms with Crippen LogP contribution in [0.1, 0.15) is 64.7 Å². The maximum absolute atomic E-state index is 3.57. The number of hydrogen-bond acceptors (Lipinski definition) is 0. The Morgan fingerprint density at radius 1 is 0.870 bits per heavy atom. The Kier molecular flexibility index (Phi) is 17.8. The fourth-order valence-electron chi connectivity index (χ4n) is 2.64. The average Bonchev–Trinajstić information content (AvgIpc) is 2.50. The van der Waals surface area contributed by atoms with Gasteiger partial charge in [0.1, 0.15) is 0 Å². The first-order chi connectivity index (χ1) is 10.2. The first-order valence-corrected chi connectivity index (χ1v) is 11.9. The third-order valence-electron chi connectivity index (χ3n) is 4.16. The van der Waals surface area contributed by atoms with Crippen molar-refractivity contribution < 1.29 is 17.0 Å². The number of allylic oxidation sites excluding steroid dienone is 1. The van der Waals surface area contributed by atoms with Crippen molar-refractivity contribution in [1.29, 1.82) is 0 Å². The number of benzene rings is 1. The van der Waals surface area contributed by atoms with Gasteiger partial charge in [0, 0.05) is 0 Å². The van der Waals surface area contributed by atoms with Crippen LogP contribution < -0.4 is 22.2 Å². The molecule has 0 atom stereocenters. The van der Waals surface area contributed by atoms with Gasteiger partial charge >= 0.3 is 23.1 Å². The molecule has 0 amide bonds. The molecule has 0 nitrogen and oxygen atoms in total. The molecule has 0 heterocycles. The molecule has 23 heavy (non-hydrogen) atoms. The molecule has 0 aliphatic carbocycles. The molecule has 1 aromatic carbocycles. The maximum Gasteiger partial charge on any atom is 2.00 e. The van der Waals surface area contributed by atoms with Crippen LogP contribution in [-0.4, -0.2) is 31.1 Å². The Morgan fingerprint density at radius 2 is 1.39 bits per heavy atom. The van der Waals surface area contributed by atoms with E-state index < -0.39 is 8.07 Å². The van der Waals surface area contributed by atoms with Crippen LogP contribution >= 0.6 is 0 Å². The molecule has 0 aromatic heterocycles. The molecule has 0 saturated heterocycles. The Morgan fingerprint density at radius 3 is 1.96 bits per heavy atom. The summed E-state index contributed by atoms with van der Waals surface area (Å²) in [6.07, 6.45) is 15.8. The van der Waals surface area contributed by atoms with Crippen LogP contribution in [-0.2, 0) is 0 Å². The normalized spacial score (nSPS) is 11.1. The summed E-state index contributed by atoms with van der Waals surface area (Å²) in [5, 5.41) is 1.51. The Bertz CT molecular complexity index is 390. The van der Waals surface area contributed by atoms with Crippen molar-refractivity contribution >= 4 is 36.3 Å². The summed E-state index contributed by atoms with van der Waals surface area (Å²) >= 11 is 0. The van der Waals surface area contributed by atoms with E-state index in [9.17, 15) is 0 Å². The predicted molar refractivity (Wildman–Crippen MR) is 104 cm³/mol. The predicted octanol–water partition coefficient (Wildman–Crippen LogP) is 2.65. The second-order valence-electron chi connectivity index (χ2n) is 6.66. The SMILES string of the molecule is CCCCCCCCCC[C-]=C[Si](C)(C)c1ccccc1.[Br-].[Mg+2]. The van der Waals surface area contributed by atoms with Crippen molar-refractivity contribution in [2.75, 3.05) is 0 Å². The van der Waals surface area contributed by atoms with Crippen molar-refractivity contribution in [3.05, 3.63) is 42.1 Å². The first-order valence-electron chi connectivity index (χ1n) is 8.80. The van der Waals surface area contributed by atoms with Crippen molar-refractivity contribution in [3.63, 3.8) is 0 Å². The van der Waals surface area contributed by atoms with Crippen molar-refractivity contribution in [2.45, 2.75) is 77.8 Å². The van der Waals surface area contributed by atoms with Gasteiger partial charge in [-0.15, -0.1) is 0 Å². The summed E-state index contributed by atoms with van der Waals surface area (Å²) in [7, 11) is -1.41. The molecule has 0 aliphatic rings. The van der Waals surface area contributed by atoms with Crippen molar-refractivity contribution in [1.82, 2.24) is 0 Å². The summed E-state index contributed by atoms with van der Waals surface area (Å²) < 4.78 is 0. The van der Waals surface area contributed by atoms with E-state index in [4.69, 9.17) is 0 Å². The van der Waals surface area contributed by atoms with Gasteiger partial charge < -0.3 is 23.1 Å². The van der Waals surface area contributed by atoms with Gasteiger partial charge in [0.2, 0.25) is 0 Å². The standard InChI is InChI=1S/C20H33Si.BrH.Mg/c1-4-5-6-7-8-9-10-11-12-16-19-21(2,3)20-17-14-13-15-18-20;;/h13-15,17-19H,4-12H2,1-3H3;1H;/q-1;;+2/p-1. The Labute approximate surface area is 172 Å². The molecule has 1 rings (SSSR count). The summed E-state index contributed by atoms with van der Waals surface area (Å²) in [6.45, 7) is 7.09. The van der Waals surface area contributed by atoms with Crippen molar-refractivity contribution in [3.8, 4) is 0 Å². The van der Waals surface area contributed by atoms with Gasteiger partial charge in [-0.1, -0.05) is 107 Å². The Balaban J connectivity index is 0. The van der Waals surface area contributed by atoms with E-state index in [2.05, 4.69) is 62.1 Å². The van der Waals surface area contributed by atoms with Crippen LogP contribution in [0.3, 0.4) is 0 Å². The van der Waals surface area contributed by atoms with Crippen molar-refractivity contribution in [2.24, 2.45) is 0 Å². The summed E-state index contributed by atoms with van der Waals surface area (Å²) in [4.78, 5) is 0. The Hall–Kier alpha value is 0.423. The minimum absolute atomic E-state index is 0. The molecular formula is C20H33BrMgSi. The fourth-order valence-corrected chi connectivity index (χ4v) is 4.51. The molecule has 0 saturated carbocycles. The zero-order valence-electron chi connectivity index (χ0n) is 15.4. The molecule has 0 fully saturated rings. The first kappa shape index (κ1) is 25.7. The van der Waals surface area contributed by atoms with Gasteiger partial charge in [0.15, 0.2) is 0 Å². The zero-order chi connectivity index (χ0) is 15.4. The van der Waals surface area contributed by atoms with Crippen LogP contribution in [0, 0.1) is 6.08 Å². The molecule has 3 heteroatoms. The molecule has 0 aliphatic heterocycles. The monoisotopic (exact) mass is 404 g/mol. The van der Waals surface area contributed by atoms with Crippen LogP contribution in [0.25, 0.3) is 0 Å². The third-order valence-corrected chi connectivity index (χ3v) is 6.90. The van der Waals surface area contributed by atoms with Gasteiger partial charge in [-0.2, -0.15) is 6.42 Å². The van der Waals surface area contributed by atoms with E-state index in [-0.39, 0.29) is 40.0 Å². The number of rotatable bonds is 11. The fraction of sp³-hybridized carbons (Fsp3) is 0.600. The second kappa shape index (κ2) is 15.9. The molecule has 0 N–H and O–H groups in total. The topological polar surface area (TPSA) is 0 Å². The summed E-state index contributed by atoms with van der Waals surface area (Å²) in [5.74, 6) is 0. The van der Waals surface area contributed by atoms with E-state index in [0.29, 0.717) is 0 Å². The minimum atomic E-state index is -1.41. The number of halogens is 1. The average molecular weight is 406 g/mol. The van der Waals surface area contributed by atoms with Crippen LogP contribution in [0.5, 0.6) is 0 Å². The van der Waals surface area contributed by atoms with E-state index in [1.165, 1.54) is 56.6 Å². The van der Waals surface area contributed by atoms with Crippen LogP contribution in [0.4, 0.5) is 0 Å².